The van der Waals surface area contributed by atoms with E-state index < -0.39 is 22.5 Å². The molecule has 0 aliphatic heterocycles. The van der Waals surface area contributed by atoms with Crippen molar-refractivity contribution in [3.05, 3.63) is 59.9 Å². The summed E-state index contributed by atoms with van der Waals surface area (Å²) in [6.07, 6.45) is 0.351. The van der Waals surface area contributed by atoms with Gasteiger partial charge in [0.1, 0.15) is 11.6 Å². The van der Waals surface area contributed by atoms with Gasteiger partial charge in [-0.05, 0) is 42.3 Å². The smallest absolute Gasteiger partial charge is 0.387 e. The molecule has 0 radical (unpaired) electrons. The van der Waals surface area contributed by atoms with E-state index in [-0.39, 0.29) is 17.2 Å². The van der Waals surface area contributed by atoms with Gasteiger partial charge in [0.15, 0.2) is 0 Å². The van der Waals surface area contributed by atoms with Crippen molar-refractivity contribution in [2.45, 2.75) is 17.9 Å². The summed E-state index contributed by atoms with van der Waals surface area (Å²) in [7, 11) is -3.79. The molecular formula is C15H14F3NO3S. The summed E-state index contributed by atoms with van der Waals surface area (Å²) in [4.78, 5) is -0.154. The number of benzene rings is 2. The predicted octanol–water partition coefficient (Wildman–Crippen LogP) is 2.95. The molecule has 0 amide bonds. The maximum absolute atomic E-state index is 13.1. The van der Waals surface area contributed by atoms with Gasteiger partial charge >= 0.3 is 6.61 Å². The number of hydrogen-bond acceptors (Lipinski definition) is 3. The van der Waals surface area contributed by atoms with Crippen molar-refractivity contribution in [2.75, 3.05) is 6.54 Å². The van der Waals surface area contributed by atoms with Gasteiger partial charge in [0.25, 0.3) is 0 Å². The fraction of sp³-hybridized carbons (Fsp3) is 0.200. The minimum atomic E-state index is -3.79. The third-order valence-corrected chi connectivity index (χ3v) is 4.42. The topological polar surface area (TPSA) is 55.4 Å². The third kappa shape index (κ3) is 5.26. The van der Waals surface area contributed by atoms with Crippen LogP contribution in [-0.4, -0.2) is 21.6 Å². The molecule has 0 aliphatic carbocycles. The highest BCUT2D eigenvalue weighted by Gasteiger charge is 2.13. The Morgan fingerprint density at radius 3 is 2.39 bits per heavy atom. The van der Waals surface area contributed by atoms with Crippen molar-refractivity contribution in [1.82, 2.24) is 4.72 Å². The lowest BCUT2D eigenvalue weighted by Gasteiger charge is -2.08. The Morgan fingerprint density at radius 1 is 1.09 bits per heavy atom. The normalized spacial score (nSPS) is 11.7. The highest BCUT2D eigenvalue weighted by atomic mass is 32.2. The number of alkyl halides is 2. The van der Waals surface area contributed by atoms with Gasteiger partial charge in [-0.15, -0.1) is 0 Å². The van der Waals surface area contributed by atoms with Crippen LogP contribution in [0.3, 0.4) is 0 Å². The van der Waals surface area contributed by atoms with Gasteiger partial charge < -0.3 is 4.74 Å². The van der Waals surface area contributed by atoms with Gasteiger partial charge in [-0.2, -0.15) is 8.78 Å². The second-order valence-electron chi connectivity index (χ2n) is 4.63. The lowest BCUT2D eigenvalue weighted by atomic mass is 10.1. The minimum absolute atomic E-state index is 0.0316. The molecule has 0 saturated heterocycles. The second kappa shape index (κ2) is 7.47. The predicted molar refractivity (Wildman–Crippen MR) is 78.4 cm³/mol. The van der Waals surface area contributed by atoms with E-state index in [1.807, 2.05) is 0 Å². The van der Waals surface area contributed by atoms with Crippen LogP contribution < -0.4 is 9.46 Å². The van der Waals surface area contributed by atoms with Gasteiger partial charge in [0.2, 0.25) is 10.0 Å². The molecule has 8 heteroatoms. The van der Waals surface area contributed by atoms with E-state index in [4.69, 9.17) is 0 Å². The largest absolute Gasteiger partial charge is 0.435 e. The molecule has 2 rings (SSSR count). The standard InChI is InChI=1S/C15H14F3NO3S/c16-12-2-1-3-14(10-12)23(20,21)19-9-8-11-4-6-13(7-5-11)22-15(17)18/h1-7,10,15,19H,8-9H2. The highest BCUT2D eigenvalue weighted by molar-refractivity contribution is 7.89. The first-order valence-electron chi connectivity index (χ1n) is 6.66. The Morgan fingerprint density at radius 2 is 1.78 bits per heavy atom. The Kier molecular flexibility index (Phi) is 5.62. The molecule has 0 atom stereocenters. The van der Waals surface area contributed by atoms with Gasteiger partial charge in [0.05, 0.1) is 4.90 Å². The van der Waals surface area contributed by atoms with Crippen LogP contribution >= 0.6 is 0 Å². The quantitative estimate of drug-likeness (QED) is 0.839. The lowest BCUT2D eigenvalue weighted by molar-refractivity contribution is -0.0498. The molecule has 124 valence electrons. The van der Waals surface area contributed by atoms with Crippen molar-refractivity contribution in [2.24, 2.45) is 0 Å². The summed E-state index contributed by atoms with van der Waals surface area (Å²) in [5.41, 5.74) is 0.744. The van der Waals surface area contributed by atoms with E-state index in [1.165, 1.54) is 24.3 Å². The first-order valence-corrected chi connectivity index (χ1v) is 8.14. The summed E-state index contributed by atoms with van der Waals surface area (Å²) < 4.78 is 67.6. The van der Waals surface area contributed by atoms with E-state index in [9.17, 15) is 21.6 Å². The van der Waals surface area contributed by atoms with E-state index in [2.05, 4.69) is 9.46 Å². The Hall–Kier alpha value is -2.06. The molecule has 0 bridgehead atoms. The van der Waals surface area contributed by atoms with Crippen LogP contribution in [0.2, 0.25) is 0 Å². The lowest BCUT2D eigenvalue weighted by Crippen LogP contribution is -2.26. The minimum Gasteiger partial charge on any atom is -0.435 e. The zero-order valence-corrected chi connectivity index (χ0v) is 12.7. The Bertz CT molecular complexity index is 749. The first-order chi connectivity index (χ1) is 10.9. The molecule has 1 N–H and O–H groups in total. The van der Waals surface area contributed by atoms with E-state index in [0.717, 1.165) is 17.7 Å². The number of rotatable bonds is 7. The molecule has 0 heterocycles. The maximum Gasteiger partial charge on any atom is 0.387 e. The number of sulfonamides is 1. The summed E-state index contributed by atoms with van der Waals surface area (Å²) >= 11 is 0. The molecule has 2 aromatic carbocycles. The average molecular weight is 345 g/mol. The van der Waals surface area contributed by atoms with E-state index >= 15 is 0 Å². The van der Waals surface area contributed by atoms with Crippen LogP contribution in [-0.2, 0) is 16.4 Å². The molecule has 23 heavy (non-hydrogen) atoms. The van der Waals surface area contributed by atoms with Crippen LogP contribution in [0.1, 0.15) is 5.56 Å². The van der Waals surface area contributed by atoms with Gasteiger partial charge in [-0.1, -0.05) is 18.2 Å². The van der Waals surface area contributed by atoms with Crippen molar-refractivity contribution < 1.29 is 26.3 Å². The molecule has 2 aromatic rings. The summed E-state index contributed by atoms with van der Waals surface area (Å²) in [6, 6.07) is 10.6. The molecule has 0 aromatic heterocycles. The van der Waals surface area contributed by atoms with Crippen molar-refractivity contribution in [3.63, 3.8) is 0 Å². The molecule has 0 saturated carbocycles. The van der Waals surface area contributed by atoms with Crippen molar-refractivity contribution in [3.8, 4) is 5.75 Å². The van der Waals surface area contributed by atoms with Crippen LogP contribution in [0, 0.1) is 5.82 Å². The molecular weight excluding hydrogens is 331 g/mol. The van der Waals surface area contributed by atoms with Crippen LogP contribution in [0.5, 0.6) is 5.75 Å². The van der Waals surface area contributed by atoms with Crippen molar-refractivity contribution in [1.29, 1.82) is 0 Å². The maximum atomic E-state index is 13.1. The fourth-order valence-corrected chi connectivity index (χ4v) is 2.95. The molecule has 0 fully saturated rings. The number of halogens is 3. The van der Waals surface area contributed by atoms with Crippen molar-refractivity contribution >= 4 is 10.0 Å². The highest BCUT2D eigenvalue weighted by Crippen LogP contribution is 2.15. The van der Waals surface area contributed by atoms with Crippen LogP contribution in [0.15, 0.2) is 53.4 Å². The third-order valence-electron chi connectivity index (χ3n) is 2.96. The van der Waals surface area contributed by atoms with Crippen LogP contribution in [0.4, 0.5) is 13.2 Å². The molecule has 0 spiro atoms. The SMILES string of the molecule is O=S(=O)(NCCc1ccc(OC(F)F)cc1)c1cccc(F)c1. The summed E-state index contributed by atoms with van der Waals surface area (Å²) in [5.74, 6) is -0.605. The van der Waals surface area contributed by atoms with Crippen LogP contribution in [0.25, 0.3) is 0 Å². The fourth-order valence-electron chi connectivity index (χ4n) is 1.88. The average Bonchev–Trinajstić information content (AvgIpc) is 2.48. The summed E-state index contributed by atoms with van der Waals surface area (Å²) in [6.45, 7) is -2.80. The zero-order chi connectivity index (χ0) is 16.9. The molecule has 4 nitrogen and oxygen atoms in total. The number of hydrogen-bond donors (Lipinski definition) is 1. The molecule has 0 aliphatic rings. The Labute approximate surface area is 132 Å². The second-order valence-corrected chi connectivity index (χ2v) is 6.39. The van der Waals surface area contributed by atoms with Gasteiger partial charge in [-0.3, -0.25) is 0 Å². The number of ether oxygens (including phenoxy) is 1. The monoisotopic (exact) mass is 345 g/mol. The zero-order valence-electron chi connectivity index (χ0n) is 11.9. The van der Waals surface area contributed by atoms with Gasteiger partial charge in [0, 0.05) is 6.54 Å². The van der Waals surface area contributed by atoms with E-state index in [0.29, 0.717) is 6.42 Å². The van der Waals surface area contributed by atoms with Gasteiger partial charge in [-0.25, -0.2) is 17.5 Å². The first kappa shape index (κ1) is 17.3. The van der Waals surface area contributed by atoms with E-state index in [1.54, 1.807) is 12.1 Å². The summed E-state index contributed by atoms with van der Waals surface area (Å²) in [5, 5.41) is 0. The number of nitrogens with one attached hydrogen (secondary N) is 1. The Balaban J connectivity index is 1.91. The molecule has 0 unspecified atom stereocenters.